The average molecular weight is 347 g/mol. The number of hydrogen-bond acceptors (Lipinski definition) is 5. The van der Waals surface area contributed by atoms with Gasteiger partial charge in [0.25, 0.3) is 0 Å². The zero-order valence-corrected chi connectivity index (χ0v) is 14.4. The highest BCUT2D eigenvalue weighted by Gasteiger charge is 2.40. The molecule has 1 aliphatic heterocycles. The number of fused-ring (bicyclic) bond motifs is 1. The minimum atomic E-state index is -0.915. The van der Waals surface area contributed by atoms with Gasteiger partial charge in [-0.25, -0.2) is 4.98 Å². The number of nitrogens with zero attached hydrogens (tertiary/aromatic N) is 3. The number of carbonyl (C=O) groups is 1. The SMILES string of the molecule is CC1=NC(C)=C(c2cccnc2)C(c2cccc3ncoc23)C1C(=O)O. The first kappa shape index (κ1) is 16.2. The molecule has 3 aromatic rings. The molecule has 0 aliphatic carbocycles. The first-order chi connectivity index (χ1) is 12.6. The van der Waals surface area contributed by atoms with Gasteiger partial charge in [-0.2, -0.15) is 0 Å². The largest absolute Gasteiger partial charge is 0.481 e. The Bertz CT molecular complexity index is 1050. The minimum Gasteiger partial charge on any atom is -0.481 e. The number of carboxylic acids is 1. The van der Waals surface area contributed by atoms with Crippen molar-refractivity contribution in [3.05, 3.63) is 65.9 Å². The van der Waals surface area contributed by atoms with E-state index < -0.39 is 17.8 Å². The number of benzene rings is 1. The van der Waals surface area contributed by atoms with Crippen LogP contribution >= 0.6 is 0 Å². The van der Waals surface area contributed by atoms with Crippen molar-refractivity contribution in [2.24, 2.45) is 10.9 Å². The van der Waals surface area contributed by atoms with Gasteiger partial charge < -0.3 is 9.52 Å². The number of rotatable bonds is 3. The summed E-state index contributed by atoms with van der Waals surface area (Å²) in [5.41, 5.74) is 5.16. The van der Waals surface area contributed by atoms with Crippen LogP contribution in [0.2, 0.25) is 0 Å². The van der Waals surface area contributed by atoms with Gasteiger partial charge in [-0.3, -0.25) is 14.8 Å². The summed E-state index contributed by atoms with van der Waals surface area (Å²) in [6.45, 7) is 3.66. The van der Waals surface area contributed by atoms with Crippen molar-refractivity contribution in [1.29, 1.82) is 0 Å². The molecule has 2 aromatic heterocycles. The molecule has 0 fully saturated rings. The third-order valence-electron chi connectivity index (χ3n) is 4.79. The molecule has 130 valence electrons. The summed E-state index contributed by atoms with van der Waals surface area (Å²) in [7, 11) is 0. The van der Waals surface area contributed by atoms with Crippen LogP contribution < -0.4 is 0 Å². The third-order valence-corrected chi connectivity index (χ3v) is 4.79. The zero-order valence-electron chi connectivity index (χ0n) is 14.4. The molecule has 6 heteroatoms. The summed E-state index contributed by atoms with van der Waals surface area (Å²) in [6, 6.07) is 9.38. The third kappa shape index (κ3) is 2.50. The van der Waals surface area contributed by atoms with E-state index in [4.69, 9.17) is 4.42 Å². The quantitative estimate of drug-likeness (QED) is 0.776. The van der Waals surface area contributed by atoms with Crippen LogP contribution in [0, 0.1) is 5.92 Å². The van der Waals surface area contributed by atoms with Crippen molar-refractivity contribution in [3.63, 3.8) is 0 Å². The van der Waals surface area contributed by atoms with E-state index in [0.717, 1.165) is 22.4 Å². The number of pyridine rings is 1. The fraction of sp³-hybridized carbons (Fsp3) is 0.200. The van der Waals surface area contributed by atoms with Crippen molar-refractivity contribution in [2.75, 3.05) is 0 Å². The summed E-state index contributed by atoms with van der Waals surface area (Å²) in [4.78, 5) is 25.1. The summed E-state index contributed by atoms with van der Waals surface area (Å²) in [6.07, 6.45) is 4.81. The Morgan fingerprint density at radius 2 is 2.04 bits per heavy atom. The molecule has 0 spiro atoms. The molecule has 0 amide bonds. The number of oxazole rings is 1. The van der Waals surface area contributed by atoms with Crippen LogP contribution in [-0.2, 0) is 4.79 Å². The van der Waals surface area contributed by atoms with Gasteiger partial charge in [-0.15, -0.1) is 0 Å². The van der Waals surface area contributed by atoms with E-state index in [0.29, 0.717) is 16.8 Å². The molecule has 4 rings (SSSR count). The normalized spacial score (nSPS) is 20.3. The Morgan fingerprint density at radius 3 is 2.77 bits per heavy atom. The topological polar surface area (TPSA) is 88.6 Å². The Balaban J connectivity index is 2.02. The van der Waals surface area contributed by atoms with Gasteiger partial charge in [0.05, 0.1) is 0 Å². The lowest BCUT2D eigenvalue weighted by molar-refractivity contribution is -0.139. The van der Waals surface area contributed by atoms with Crippen molar-refractivity contribution < 1.29 is 14.3 Å². The molecule has 0 radical (unpaired) electrons. The molecule has 0 saturated carbocycles. The molecule has 3 heterocycles. The molecular weight excluding hydrogens is 330 g/mol. The monoisotopic (exact) mass is 347 g/mol. The van der Waals surface area contributed by atoms with Gasteiger partial charge in [-0.05, 0) is 37.1 Å². The fourth-order valence-electron chi connectivity index (χ4n) is 3.75. The predicted octanol–water partition coefficient (Wildman–Crippen LogP) is 3.91. The van der Waals surface area contributed by atoms with Crippen molar-refractivity contribution in [1.82, 2.24) is 9.97 Å². The first-order valence-corrected chi connectivity index (χ1v) is 8.29. The van der Waals surface area contributed by atoms with Crippen LogP contribution in [-0.4, -0.2) is 26.8 Å². The van der Waals surface area contributed by atoms with Gasteiger partial charge in [0.2, 0.25) is 0 Å². The molecule has 6 nitrogen and oxygen atoms in total. The molecule has 26 heavy (non-hydrogen) atoms. The zero-order chi connectivity index (χ0) is 18.3. The number of aliphatic imine (C=N–C) groups is 1. The van der Waals surface area contributed by atoms with Gasteiger partial charge in [-0.1, -0.05) is 18.2 Å². The van der Waals surface area contributed by atoms with Crippen LogP contribution in [0.5, 0.6) is 0 Å². The Kier molecular flexibility index (Phi) is 3.88. The molecule has 2 atom stereocenters. The second kappa shape index (κ2) is 6.22. The first-order valence-electron chi connectivity index (χ1n) is 8.29. The van der Waals surface area contributed by atoms with E-state index in [1.807, 2.05) is 37.3 Å². The molecular formula is C20H17N3O3. The van der Waals surface area contributed by atoms with Crippen molar-refractivity contribution in [3.8, 4) is 0 Å². The Morgan fingerprint density at radius 1 is 1.19 bits per heavy atom. The summed E-state index contributed by atoms with van der Waals surface area (Å²) in [5.74, 6) is -2.14. The fourth-order valence-corrected chi connectivity index (χ4v) is 3.75. The summed E-state index contributed by atoms with van der Waals surface area (Å²) < 4.78 is 5.60. The second-order valence-electron chi connectivity index (χ2n) is 6.34. The van der Waals surface area contributed by atoms with Crippen LogP contribution in [0.4, 0.5) is 0 Å². The highest BCUT2D eigenvalue weighted by atomic mass is 16.4. The summed E-state index contributed by atoms with van der Waals surface area (Å²) in [5, 5.41) is 9.95. The molecule has 1 N–H and O–H groups in total. The van der Waals surface area contributed by atoms with Crippen LogP contribution in [0.15, 0.2) is 64.2 Å². The maximum absolute atomic E-state index is 12.1. The van der Waals surface area contributed by atoms with Crippen LogP contribution in [0.1, 0.15) is 30.9 Å². The summed E-state index contributed by atoms with van der Waals surface area (Å²) >= 11 is 0. The van der Waals surface area contributed by atoms with Gasteiger partial charge >= 0.3 is 5.97 Å². The second-order valence-corrected chi connectivity index (χ2v) is 6.34. The smallest absolute Gasteiger partial charge is 0.313 e. The maximum Gasteiger partial charge on any atom is 0.313 e. The molecule has 0 saturated heterocycles. The van der Waals surface area contributed by atoms with E-state index in [9.17, 15) is 9.90 Å². The highest BCUT2D eigenvalue weighted by Crippen LogP contribution is 2.45. The Labute approximate surface area is 149 Å². The van der Waals surface area contributed by atoms with Crippen LogP contribution in [0.25, 0.3) is 16.7 Å². The van der Waals surface area contributed by atoms with Gasteiger partial charge in [0.15, 0.2) is 12.0 Å². The number of para-hydroxylation sites is 1. The maximum atomic E-state index is 12.1. The number of carboxylic acid groups (broad SMARTS) is 1. The average Bonchev–Trinajstić information content (AvgIpc) is 3.10. The van der Waals surface area contributed by atoms with Gasteiger partial charge in [0.1, 0.15) is 11.4 Å². The molecule has 1 aromatic carbocycles. The van der Waals surface area contributed by atoms with E-state index in [-0.39, 0.29) is 0 Å². The van der Waals surface area contributed by atoms with Crippen molar-refractivity contribution in [2.45, 2.75) is 19.8 Å². The molecule has 2 unspecified atom stereocenters. The number of hydrogen-bond donors (Lipinski definition) is 1. The lowest BCUT2D eigenvalue weighted by atomic mass is 9.73. The van der Waals surface area contributed by atoms with E-state index >= 15 is 0 Å². The predicted molar refractivity (Wildman–Crippen MR) is 97.8 cm³/mol. The lowest BCUT2D eigenvalue weighted by Crippen LogP contribution is -2.32. The lowest BCUT2D eigenvalue weighted by Gasteiger charge is -2.31. The van der Waals surface area contributed by atoms with Crippen LogP contribution in [0.3, 0.4) is 0 Å². The molecule has 0 bridgehead atoms. The van der Waals surface area contributed by atoms with E-state index in [2.05, 4.69) is 15.0 Å². The van der Waals surface area contributed by atoms with Crippen molar-refractivity contribution >= 4 is 28.4 Å². The standard InChI is InChI=1S/C20H17N3O3/c1-11-16(13-5-4-8-21-9-13)18(17(20(24)25)12(2)23-11)14-6-3-7-15-19(14)26-10-22-15/h3-10,17-18H,1-2H3,(H,24,25). The number of aliphatic carboxylic acids is 1. The molecule has 1 aliphatic rings. The number of allylic oxidation sites excluding steroid dienone is 2. The minimum absolute atomic E-state index is 0.439. The highest BCUT2D eigenvalue weighted by molar-refractivity contribution is 6.06. The van der Waals surface area contributed by atoms with Gasteiger partial charge in [0, 0.05) is 35.3 Å². The van der Waals surface area contributed by atoms with E-state index in [1.54, 1.807) is 19.3 Å². The van der Waals surface area contributed by atoms with E-state index in [1.165, 1.54) is 6.39 Å². The number of aromatic nitrogens is 2. The Hall–Kier alpha value is -3.28.